The monoisotopic (exact) mass is 278 g/mol. The largest absolute Gasteiger partial charge is 0.462 e. The van der Waals surface area contributed by atoms with Crippen LogP contribution in [-0.4, -0.2) is 44.3 Å². The van der Waals surface area contributed by atoms with E-state index in [1.807, 2.05) is 0 Å². The molecule has 0 radical (unpaired) electrons. The van der Waals surface area contributed by atoms with Crippen LogP contribution in [0.1, 0.15) is 17.3 Å². The summed E-state index contributed by atoms with van der Waals surface area (Å²) in [7, 11) is 0. The van der Waals surface area contributed by atoms with Crippen LogP contribution >= 0.6 is 0 Å². The van der Waals surface area contributed by atoms with Crippen LogP contribution in [0, 0.1) is 0 Å². The zero-order chi connectivity index (χ0) is 14.4. The summed E-state index contributed by atoms with van der Waals surface area (Å²) in [5.41, 5.74) is 0.960. The molecular formula is C14H18N2O4. The van der Waals surface area contributed by atoms with E-state index in [2.05, 4.69) is 10.6 Å². The normalized spacial score (nSPS) is 18.4. The van der Waals surface area contributed by atoms with Gasteiger partial charge >= 0.3 is 5.97 Å². The quantitative estimate of drug-likeness (QED) is 0.796. The summed E-state index contributed by atoms with van der Waals surface area (Å²) in [5.74, 6) is -0.627. The number of nitrogens with one attached hydrogen (secondary N) is 2. The summed E-state index contributed by atoms with van der Waals surface area (Å²) in [6.45, 7) is 3.82. The first-order valence-electron chi connectivity index (χ1n) is 6.61. The SMILES string of the molecule is CCOC(=O)c1cccc(NC(=O)C2CNCCO2)c1. The molecule has 2 rings (SSSR count). The minimum absolute atomic E-state index is 0.224. The Balaban J connectivity index is 2.00. The maximum absolute atomic E-state index is 12.0. The zero-order valence-corrected chi connectivity index (χ0v) is 11.3. The van der Waals surface area contributed by atoms with Crippen molar-refractivity contribution in [1.82, 2.24) is 5.32 Å². The first-order valence-corrected chi connectivity index (χ1v) is 6.61. The molecule has 1 aliphatic rings. The number of morpholine rings is 1. The average molecular weight is 278 g/mol. The molecule has 0 aliphatic carbocycles. The van der Waals surface area contributed by atoms with E-state index in [1.54, 1.807) is 31.2 Å². The van der Waals surface area contributed by atoms with E-state index in [0.717, 1.165) is 6.54 Å². The molecule has 6 nitrogen and oxygen atoms in total. The van der Waals surface area contributed by atoms with Crippen molar-refractivity contribution < 1.29 is 19.1 Å². The highest BCUT2D eigenvalue weighted by Gasteiger charge is 2.21. The van der Waals surface area contributed by atoms with Crippen molar-refractivity contribution >= 4 is 17.6 Å². The van der Waals surface area contributed by atoms with Crippen LogP contribution in [0.5, 0.6) is 0 Å². The Kier molecular flexibility index (Phi) is 5.09. The molecule has 1 saturated heterocycles. The third-order valence-corrected chi connectivity index (χ3v) is 2.86. The fourth-order valence-corrected chi connectivity index (χ4v) is 1.89. The smallest absolute Gasteiger partial charge is 0.338 e. The standard InChI is InChI=1S/C14H18N2O4/c1-2-19-14(18)10-4-3-5-11(8-10)16-13(17)12-9-15-6-7-20-12/h3-5,8,12,15H,2,6-7,9H2,1H3,(H,16,17). The van der Waals surface area contributed by atoms with Gasteiger partial charge in [0.15, 0.2) is 0 Å². The lowest BCUT2D eigenvalue weighted by Crippen LogP contribution is -2.45. The second-order valence-electron chi connectivity index (χ2n) is 4.35. The zero-order valence-electron chi connectivity index (χ0n) is 11.3. The van der Waals surface area contributed by atoms with Crippen LogP contribution in [0.4, 0.5) is 5.69 Å². The van der Waals surface area contributed by atoms with Gasteiger partial charge in [-0.05, 0) is 25.1 Å². The molecule has 1 aliphatic heterocycles. The minimum Gasteiger partial charge on any atom is -0.462 e. The first-order chi connectivity index (χ1) is 9.70. The van der Waals surface area contributed by atoms with E-state index in [4.69, 9.17) is 9.47 Å². The number of anilines is 1. The molecule has 1 atom stereocenters. The van der Waals surface area contributed by atoms with E-state index < -0.39 is 12.1 Å². The van der Waals surface area contributed by atoms with E-state index in [0.29, 0.717) is 31.0 Å². The second kappa shape index (κ2) is 7.02. The topological polar surface area (TPSA) is 76.7 Å². The molecule has 0 bridgehead atoms. The Bertz CT molecular complexity index is 484. The van der Waals surface area contributed by atoms with Crippen LogP contribution in [0.3, 0.4) is 0 Å². The lowest BCUT2D eigenvalue weighted by molar-refractivity contribution is -0.128. The van der Waals surface area contributed by atoms with Crippen LogP contribution in [0.15, 0.2) is 24.3 Å². The highest BCUT2D eigenvalue weighted by molar-refractivity contribution is 5.96. The third kappa shape index (κ3) is 3.79. The molecule has 1 unspecified atom stereocenters. The van der Waals surface area contributed by atoms with E-state index in [-0.39, 0.29) is 5.91 Å². The number of esters is 1. The molecule has 20 heavy (non-hydrogen) atoms. The number of hydrogen-bond donors (Lipinski definition) is 2. The Morgan fingerprint density at radius 2 is 2.35 bits per heavy atom. The van der Waals surface area contributed by atoms with Crippen LogP contribution < -0.4 is 10.6 Å². The van der Waals surface area contributed by atoms with Gasteiger partial charge in [0, 0.05) is 18.8 Å². The fraction of sp³-hybridized carbons (Fsp3) is 0.429. The van der Waals surface area contributed by atoms with E-state index in [9.17, 15) is 9.59 Å². The van der Waals surface area contributed by atoms with Gasteiger partial charge in [-0.2, -0.15) is 0 Å². The van der Waals surface area contributed by atoms with Gasteiger partial charge < -0.3 is 20.1 Å². The predicted molar refractivity (Wildman–Crippen MR) is 73.6 cm³/mol. The number of carbonyl (C=O) groups excluding carboxylic acids is 2. The summed E-state index contributed by atoms with van der Waals surface area (Å²) in [6, 6.07) is 6.65. The van der Waals surface area contributed by atoms with E-state index in [1.165, 1.54) is 0 Å². The summed E-state index contributed by atoms with van der Waals surface area (Å²) < 4.78 is 10.3. The van der Waals surface area contributed by atoms with Crippen LogP contribution in [-0.2, 0) is 14.3 Å². The molecule has 1 amide bonds. The van der Waals surface area contributed by atoms with Crippen molar-refractivity contribution in [2.24, 2.45) is 0 Å². The van der Waals surface area contributed by atoms with Gasteiger partial charge in [-0.15, -0.1) is 0 Å². The molecule has 2 N–H and O–H groups in total. The fourth-order valence-electron chi connectivity index (χ4n) is 1.89. The average Bonchev–Trinajstić information content (AvgIpc) is 2.48. The summed E-state index contributed by atoms with van der Waals surface area (Å²) in [6.07, 6.45) is -0.505. The highest BCUT2D eigenvalue weighted by Crippen LogP contribution is 2.13. The predicted octanol–water partition coefficient (Wildman–Crippen LogP) is 0.790. The molecule has 0 aromatic heterocycles. The Morgan fingerprint density at radius 3 is 3.05 bits per heavy atom. The van der Waals surface area contributed by atoms with Crippen molar-refractivity contribution in [3.63, 3.8) is 0 Å². The molecule has 6 heteroatoms. The minimum atomic E-state index is -0.505. The maximum atomic E-state index is 12.0. The van der Waals surface area contributed by atoms with E-state index >= 15 is 0 Å². The first kappa shape index (κ1) is 14.5. The Morgan fingerprint density at radius 1 is 1.50 bits per heavy atom. The lowest BCUT2D eigenvalue weighted by atomic mass is 10.2. The van der Waals surface area contributed by atoms with Gasteiger partial charge in [0.2, 0.25) is 0 Å². The molecular weight excluding hydrogens is 260 g/mol. The second-order valence-corrected chi connectivity index (χ2v) is 4.35. The third-order valence-electron chi connectivity index (χ3n) is 2.86. The van der Waals surface area contributed by atoms with Crippen molar-refractivity contribution in [1.29, 1.82) is 0 Å². The summed E-state index contributed by atoms with van der Waals surface area (Å²) in [5, 5.41) is 5.83. The number of hydrogen-bond acceptors (Lipinski definition) is 5. The van der Waals surface area contributed by atoms with Gasteiger partial charge in [-0.3, -0.25) is 4.79 Å². The number of carbonyl (C=O) groups is 2. The molecule has 1 heterocycles. The number of ether oxygens (including phenoxy) is 2. The lowest BCUT2D eigenvalue weighted by Gasteiger charge is -2.22. The van der Waals surface area contributed by atoms with Gasteiger partial charge in [-0.1, -0.05) is 6.07 Å². The van der Waals surface area contributed by atoms with Crippen molar-refractivity contribution in [2.75, 3.05) is 31.6 Å². The van der Waals surface area contributed by atoms with Gasteiger partial charge in [0.05, 0.1) is 18.8 Å². The summed E-state index contributed by atoms with van der Waals surface area (Å²) in [4.78, 5) is 23.6. The Labute approximate surface area is 117 Å². The molecule has 1 aromatic rings. The van der Waals surface area contributed by atoms with Gasteiger partial charge in [0.25, 0.3) is 5.91 Å². The van der Waals surface area contributed by atoms with Crippen LogP contribution in [0.2, 0.25) is 0 Å². The van der Waals surface area contributed by atoms with Gasteiger partial charge in [0.1, 0.15) is 6.10 Å². The number of benzene rings is 1. The van der Waals surface area contributed by atoms with Crippen molar-refractivity contribution in [2.45, 2.75) is 13.0 Å². The summed E-state index contributed by atoms with van der Waals surface area (Å²) >= 11 is 0. The van der Waals surface area contributed by atoms with Crippen molar-refractivity contribution in [3.8, 4) is 0 Å². The number of amides is 1. The van der Waals surface area contributed by atoms with Crippen molar-refractivity contribution in [3.05, 3.63) is 29.8 Å². The van der Waals surface area contributed by atoms with Crippen LogP contribution in [0.25, 0.3) is 0 Å². The molecule has 1 fully saturated rings. The highest BCUT2D eigenvalue weighted by atomic mass is 16.5. The maximum Gasteiger partial charge on any atom is 0.338 e. The molecule has 0 spiro atoms. The molecule has 1 aromatic carbocycles. The van der Waals surface area contributed by atoms with Gasteiger partial charge in [-0.25, -0.2) is 4.79 Å². The molecule has 0 saturated carbocycles. The number of rotatable bonds is 4. The molecule has 108 valence electrons. The Hall–Kier alpha value is -1.92.